The van der Waals surface area contributed by atoms with E-state index in [-0.39, 0.29) is 70.4 Å². The highest BCUT2D eigenvalue weighted by Gasteiger charge is 2.38. The van der Waals surface area contributed by atoms with Gasteiger partial charge in [-0.1, -0.05) is 29.3 Å². The molecule has 2 heterocycles. The lowest BCUT2D eigenvalue weighted by molar-refractivity contribution is -0.138. The molecule has 2 fully saturated rings. The van der Waals surface area contributed by atoms with Gasteiger partial charge in [0.1, 0.15) is 6.10 Å². The lowest BCUT2D eigenvalue weighted by atomic mass is 10.0. The van der Waals surface area contributed by atoms with Crippen LogP contribution in [0.5, 0.6) is 11.5 Å². The summed E-state index contributed by atoms with van der Waals surface area (Å²) in [6.07, 6.45) is -1.51. The minimum Gasteiger partial charge on any atom is -0.489 e. The average Bonchev–Trinajstić information content (AvgIpc) is 3.89. The number of esters is 1. The molecular weight excluding hydrogens is 748 g/mol. The Kier molecular flexibility index (Phi) is 12.5. The molecule has 10 nitrogen and oxygen atoms in total. The zero-order valence-electron chi connectivity index (χ0n) is 27.2. The van der Waals surface area contributed by atoms with Crippen LogP contribution in [-0.4, -0.2) is 83.1 Å². The summed E-state index contributed by atoms with van der Waals surface area (Å²) in [6, 6.07) is 6.16. The Hall–Kier alpha value is -3.44. The van der Waals surface area contributed by atoms with E-state index in [0.717, 1.165) is 35.5 Å². The molecule has 1 aromatic heterocycles. The minimum absolute atomic E-state index is 0.0634. The van der Waals surface area contributed by atoms with Crippen molar-refractivity contribution in [2.75, 3.05) is 56.6 Å². The summed E-state index contributed by atoms with van der Waals surface area (Å²) in [5.41, 5.74) is -2.15. The summed E-state index contributed by atoms with van der Waals surface area (Å²) < 4.78 is 118. The van der Waals surface area contributed by atoms with Crippen LogP contribution in [0.25, 0.3) is 0 Å². The van der Waals surface area contributed by atoms with Gasteiger partial charge in [0.05, 0.1) is 52.9 Å². The second kappa shape index (κ2) is 16.5. The van der Waals surface area contributed by atoms with Crippen LogP contribution >= 0.6 is 23.2 Å². The predicted octanol–water partition coefficient (Wildman–Crippen LogP) is 7.04. The van der Waals surface area contributed by atoms with Gasteiger partial charge in [-0.2, -0.15) is 22.0 Å². The number of pyridine rings is 1. The Morgan fingerprint density at radius 3 is 2.35 bits per heavy atom. The molecule has 2 aromatic carbocycles. The first-order valence-electron chi connectivity index (χ1n) is 15.8. The lowest BCUT2D eigenvalue weighted by Gasteiger charge is -2.30. The summed E-state index contributed by atoms with van der Waals surface area (Å²) in [4.78, 5) is 19.7. The van der Waals surface area contributed by atoms with E-state index in [1.807, 2.05) is 4.90 Å². The van der Waals surface area contributed by atoms with Crippen LogP contribution in [0.2, 0.25) is 10.0 Å². The van der Waals surface area contributed by atoms with Crippen molar-refractivity contribution in [2.24, 2.45) is 5.92 Å². The molecule has 1 saturated heterocycles. The van der Waals surface area contributed by atoms with Crippen LogP contribution in [0.4, 0.5) is 27.6 Å². The molecule has 1 saturated carbocycles. The molecule has 18 heteroatoms. The average molecular weight is 783 g/mol. The first-order valence-corrected chi connectivity index (χ1v) is 18.4. The van der Waals surface area contributed by atoms with Crippen molar-refractivity contribution in [1.82, 2.24) is 9.88 Å². The number of hydrogen-bond donors (Lipinski definition) is 0. The smallest absolute Gasteiger partial charge is 0.417 e. The molecular formula is C33H34Cl2F5N3O7S. The minimum atomic E-state index is -5.04. The van der Waals surface area contributed by atoms with Gasteiger partial charge < -0.3 is 18.9 Å². The number of carbonyl (C=O) groups excluding carboxylic acids is 1. The van der Waals surface area contributed by atoms with Gasteiger partial charge in [-0.05, 0) is 60.2 Å². The number of carbonyl (C=O) groups is 1. The molecule has 0 spiro atoms. The number of aromatic nitrogens is 1. The monoisotopic (exact) mass is 781 g/mol. The standard InChI is InChI=1S/C33H34Cl2F5N3O7S/c1-51(45,46)43(9-8-42-10-12-47-13-11-42)22-5-6-25(33(38,39)40)23(15-22)31(44)49-29(16-24-26(34)17-41-18-27(24)35)21-4-7-28(50-32(36)37)30(14-21)48-19-20-2-3-20/h4-7,14-15,17-18,20,29,32H,2-3,8-13,16,19H2,1H3/t29-/m0/s1. The molecule has 2 aliphatic rings. The van der Waals surface area contributed by atoms with Gasteiger partial charge in [-0.3, -0.25) is 14.2 Å². The number of ether oxygens (including phenoxy) is 4. The van der Waals surface area contributed by atoms with Gasteiger partial charge in [-0.25, -0.2) is 13.2 Å². The Bertz CT molecular complexity index is 1790. The first kappa shape index (κ1) is 38.8. The normalized spacial score (nSPS) is 16.2. The van der Waals surface area contributed by atoms with Crippen LogP contribution < -0.4 is 13.8 Å². The fraction of sp³-hybridized carbons (Fsp3) is 0.455. The van der Waals surface area contributed by atoms with Crippen molar-refractivity contribution in [2.45, 2.75) is 38.2 Å². The van der Waals surface area contributed by atoms with Gasteiger partial charge >= 0.3 is 18.8 Å². The molecule has 278 valence electrons. The molecule has 1 aliphatic heterocycles. The lowest BCUT2D eigenvalue weighted by Crippen LogP contribution is -2.43. The van der Waals surface area contributed by atoms with E-state index in [1.54, 1.807) is 0 Å². The molecule has 0 bridgehead atoms. The van der Waals surface area contributed by atoms with Crippen LogP contribution in [0.3, 0.4) is 0 Å². The highest BCUT2D eigenvalue weighted by Crippen LogP contribution is 2.40. The highest BCUT2D eigenvalue weighted by molar-refractivity contribution is 7.92. The van der Waals surface area contributed by atoms with Gasteiger partial charge in [-0.15, -0.1) is 0 Å². The fourth-order valence-corrected chi connectivity index (χ4v) is 6.84. The van der Waals surface area contributed by atoms with Crippen molar-refractivity contribution in [1.29, 1.82) is 0 Å². The Balaban J connectivity index is 1.53. The van der Waals surface area contributed by atoms with Gasteiger partial charge in [0, 0.05) is 45.0 Å². The number of halogens is 7. The summed E-state index contributed by atoms with van der Waals surface area (Å²) in [7, 11) is -4.02. The van der Waals surface area contributed by atoms with E-state index in [4.69, 9.17) is 37.4 Å². The van der Waals surface area contributed by atoms with Crippen molar-refractivity contribution < 1.29 is 54.1 Å². The Labute approximate surface area is 301 Å². The Morgan fingerprint density at radius 1 is 1.06 bits per heavy atom. The summed E-state index contributed by atoms with van der Waals surface area (Å²) in [5.74, 6) is -1.64. The molecule has 1 aliphatic carbocycles. The third-order valence-electron chi connectivity index (χ3n) is 8.26. The second-order valence-electron chi connectivity index (χ2n) is 12.0. The molecule has 3 aromatic rings. The van der Waals surface area contributed by atoms with Crippen LogP contribution in [-0.2, 0) is 32.1 Å². The molecule has 5 rings (SSSR count). The van der Waals surface area contributed by atoms with E-state index in [2.05, 4.69) is 9.72 Å². The second-order valence-corrected chi connectivity index (χ2v) is 14.8. The maximum atomic E-state index is 14.3. The van der Waals surface area contributed by atoms with Gasteiger partial charge in [0.2, 0.25) is 10.0 Å². The zero-order chi connectivity index (χ0) is 36.9. The van der Waals surface area contributed by atoms with Crippen LogP contribution in [0, 0.1) is 5.92 Å². The van der Waals surface area contributed by atoms with Gasteiger partial charge in [0.15, 0.2) is 11.5 Å². The van der Waals surface area contributed by atoms with Crippen LogP contribution in [0.1, 0.15) is 46.0 Å². The van der Waals surface area contributed by atoms with Crippen molar-refractivity contribution in [3.63, 3.8) is 0 Å². The molecule has 0 radical (unpaired) electrons. The SMILES string of the molecule is CS(=O)(=O)N(CCN1CCOCC1)c1ccc(C(F)(F)F)c(C(=O)O[C@@H](Cc2c(Cl)cncc2Cl)c2ccc(OC(F)F)c(OCC3CC3)c2)c1. The number of sulfonamides is 1. The van der Waals surface area contributed by atoms with Crippen molar-refractivity contribution in [3.05, 3.63) is 81.1 Å². The maximum Gasteiger partial charge on any atom is 0.417 e. The number of anilines is 1. The van der Waals surface area contributed by atoms with E-state index in [0.29, 0.717) is 32.4 Å². The number of nitrogens with zero attached hydrogens (tertiary/aromatic N) is 3. The number of alkyl halides is 5. The number of benzene rings is 2. The quantitative estimate of drug-likeness (QED) is 0.119. The number of rotatable bonds is 15. The molecule has 0 amide bonds. The summed E-state index contributed by atoms with van der Waals surface area (Å²) >= 11 is 12.7. The van der Waals surface area contributed by atoms with Crippen molar-refractivity contribution in [3.8, 4) is 11.5 Å². The highest BCUT2D eigenvalue weighted by atomic mass is 35.5. The molecule has 51 heavy (non-hydrogen) atoms. The predicted molar refractivity (Wildman–Crippen MR) is 178 cm³/mol. The summed E-state index contributed by atoms with van der Waals surface area (Å²) in [5, 5.41) is 0.127. The van der Waals surface area contributed by atoms with Gasteiger partial charge in [0.25, 0.3) is 0 Å². The topological polar surface area (TPSA) is 108 Å². The Morgan fingerprint density at radius 2 is 1.75 bits per heavy atom. The molecule has 1 atom stereocenters. The zero-order valence-corrected chi connectivity index (χ0v) is 29.5. The van der Waals surface area contributed by atoms with E-state index < -0.39 is 46.0 Å². The third-order valence-corrected chi connectivity index (χ3v) is 10.1. The van der Waals surface area contributed by atoms with Crippen LogP contribution in [0.15, 0.2) is 48.8 Å². The number of morpholine rings is 1. The fourth-order valence-electron chi connectivity index (χ4n) is 5.41. The maximum absolute atomic E-state index is 14.3. The van der Waals surface area contributed by atoms with E-state index in [9.17, 15) is 35.2 Å². The van der Waals surface area contributed by atoms with E-state index >= 15 is 0 Å². The molecule has 0 N–H and O–H groups in total. The van der Waals surface area contributed by atoms with E-state index in [1.165, 1.54) is 30.6 Å². The molecule has 0 unspecified atom stereocenters. The third kappa shape index (κ3) is 10.6. The number of hydrogen-bond acceptors (Lipinski definition) is 9. The summed E-state index contributed by atoms with van der Waals surface area (Å²) in [6.45, 7) is -0.879. The first-order chi connectivity index (χ1) is 24.1. The van der Waals surface area contributed by atoms with Crippen molar-refractivity contribution >= 4 is 44.9 Å². The largest absolute Gasteiger partial charge is 0.489 e.